The average Bonchev–Trinajstić information content (AvgIpc) is 3.11. The van der Waals surface area contributed by atoms with E-state index < -0.39 is 0 Å². The molecule has 1 fully saturated rings. The number of carbonyl (C=O) groups excluding carboxylic acids is 1. The molecule has 1 unspecified atom stereocenters. The molecule has 1 aliphatic carbocycles. The summed E-state index contributed by atoms with van der Waals surface area (Å²) in [6, 6.07) is 9.64. The third-order valence-corrected chi connectivity index (χ3v) is 4.21. The van der Waals surface area contributed by atoms with Crippen molar-refractivity contribution in [2.24, 2.45) is 0 Å². The number of hydrogen-bond acceptors (Lipinski definition) is 5. The number of carbonyl (C=O) groups is 1. The Hall–Kier alpha value is -2.68. The zero-order valence-corrected chi connectivity index (χ0v) is 13.5. The summed E-state index contributed by atoms with van der Waals surface area (Å²) < 4.78 is 11.4. The van der Waals surface area contributed by atoms with Crippen molar-refractivity contribution in [1.82, 2.24) is 10.6 Å². The van der Waals surface area contributed by atoms with Crippen molar-refractivity contribution < 1.29 is 14.3 Å². The van der Waals surface area contributed by atoms with Crippen LogP contribution in [-0.4, -0.2) is 31.2 Å². The van der Waals surface area contributed by atoms with Crippen LogP contribution in [0.3, 0.4) is 0 Å². The Morgan fingerprint density at radius 2 is 2.04 bits per heavy atom. The molecule has 1 aliphatic heterocycles. The van der Waals surface area contributed by atoms with Crippen LogP contribution in [0.25, 0.3) is 0 Å². The predicted octanol–water partition coefficient (Wildman–Crippen LogP) is 1.88. The normalized spacial score (nSPS) is 20.3. The Balaban J connectivity index is 1.49. The number of benzene rings is 1. The number of nitrogens with zero attached hydrogens (tertiary/aromatic N) is 1. The largest absolute Gasteiger partial charge is 0.486 e. The number of para-hydroxylation sites is 2. The molecule has 0 bridgehead atoms. The number of nitrogens with one attached hydrogen (secondary N) is 2. The van der Waals surface area contributed by atoms with Crippen molar-refractivity contribution in [1.29, 1.82) is 5.26 Å². The number of ether oxygens (including phenoxy) is 2. The van der Waals surface area contributed by atoms with Crippen molar-refractivity contribution in [3.8, 4) is 17.6 Å². The Morgan fingerprint density at radius 1 is 1.29 bits per heavy atom. The minimum absolute atomic E-state index is 0.0824. The molecule has 2 N–H and O–H groups in total. The Morgan fingerprint density at radius 3 is 2.79 bits per heavy atom. The smallest absolute Gasteiger partial charge is 0.263 e. The highest BCUT2D eigenvalue weighted by atomic mass is 16.6. The number of amides is 1. The molecule has 126 valence electrons. The van der Waals surface area contributed by atoms with Gasteiger partial charge in [-0.05, 0) is 25.0 Å². The summed E-state index contributed by atoms with van der Waals surface area (Å²) in [4.78, 5) is 12.1. The van der Waals surface area contributed by atoms with Crippen molar-refractivity contribution in [3.63, 3.8) is 0 Å². The molecule has 1 heterocycles. The van der Waals surface area contributed by atoms with Crippen LogP contribution in [0.1, 0.15) is 25.7 Å². The van der Waals surface area contributed by atoms with Crippen molar-refractivity contribution in [2.45, 2.75) is 37.8 Å². The first-order valence-electron chi connectivity index (χ1n) is 8.29. The molecule has 0 aromatic heterocycles. The van der Waals surface area contributed by atoms with Crippen LogP contribution in [0.15, 0.2) is 36.0 Å². The molecule has 6 heteroatoms. The summed E-state index contributed by atoms with van der Waals surface area (Å²) in [5, 5.41) is 15.1. The molecule has 0 spiro atoms. The first kappa shape index (κ1) is 16.2. The summed E-state index contributed by atoms with van der Waals surface area (Å²) in [5.74, 6) is 1.13. The molecule has 0 saturated heterocycles. The topological polar surface area (TPSA) is 83.4 Å². The summed E-state index contributed by atoms with van der Waals surface area (Å²) in [7, 11) is 0. The van der Waals surface area contributed by atoms with E-state index in [-0.39, 0.29) is 23.6 Å². The fourth-order valence-corrected chi connectivity index (χ4v) is 2.94. The van der Waals surface area contributed by atoms with E-state index in [1.807, 2.05) is 30.3 Å². The molecule has 1 atom stereocenters. The van der Waals surface area contributed by atoms with Gasteiger partial charge in [0.25, 0.3) is 5.91 Å². The summed E-state index contributed by atoms with van der Waals surface area (Å²) in [6.07, 6.45) is 5.53. The van der Waals surface area contributed by atoms with E-state index in [4.69, 9.17) is 14.7 Å². The zero-order valence-electron chi connectivity index (χ0n) is 13.5. The lowest BCUT2D eigenvalue weighted by atomic mass is 10.2. The maximum atomic E-state index is 12.1. The van der Waals surface area contributed by atoms with Gasteiger partial charge in [-0.25, -0.2) is 0 Å². The van der Waals surface area contributed by atoms with Gasteiger partial charge in [0.15, 0.2) is 11.5 Å². The maximum Gasteiger partial charge on any atom is 0.263 e. The fourth-order valence-electron chi connectivity index (χ4n) is 2.94. The third kappa shape index (κ3) is 3.99. The highest BCUT2D eigenvalue weighted by Gasteiger charge is 2.21. The van der Waals surface area contributed by atoms with Gasteiger partial charge in [-0.2, -0.15) is 5.26 Å². The summed E-state index contributed by atoms with van der Waals surface area (Å²) in [5.41, 5.74) is 0.0824. The lowest BCUT2D eigenvalue weighted by molar-refractivity contribution is -0.117. The van der Waals surface area contributed by atoms with Crippen LogP contribution in [0.5, 0.6) is 11.5 Å². The summed E-state index contributed by atoms with van der Waals surface area (Å²) in [6.45, 7) is 0.879. The van der Waals surface area contributed by atoms with Gasteiger partial charge in [-0.1, -0.05) is 25.0 Å². The van der Waals surface area contributed by atoms with E-state index in [2.05, 4.69) is 10.6 Å². The zero-order chi connectivity index (χ0) is 16.8. The van der Waals surface area contributed by atoms with Gasteiger partial charge in [0, 0.05) is 12.2 Å². The molecule has 1 aromatic rings. The quantitative estimate of drug-likeness (QED) is 0.637. The number of rotatable bonds is 5. The Kier molecular flexibility index (Phi) is 5.22. The van der Waals surface area contributed by atoms with Crippen LogP contribution in [0, 0.1) is 11.3 Å². The molecular weight excluding hydrogens is 306 g/mol. The van der Waals surface area contributed by atoms with E-state index in [1.165, 1.54) is 6.20 Å². The first-order chi connectivity index (χ1) is 11.8. The molecule has 24 heavy (non-hydrogen) atoms. The van der Waals surface area contributed by atoms with Gasteiger partial charge < -0.3 is 20.1 Å². The standard InChI is InChI=1S/C18H21N3O3/c19-9-13(18(22)21-14-5-1-2-6-14)10-20-11-15-12-23-16-7-3-4-8-17(16)24-15/h3-4,7-8,10,14-15,20H,1-2,5-6,11-12H2,(H,21,22)/b13-10-. The van der Waals surface area contributed by atoms with E-state index in [1.54, 1.807) is 0 Å². The average molecular weight is 327 g/mol. The van der Waals surface area contributed by atoms with Gasteiger partial charge in [0.05, 0.1) is 6.54 Å². The monoisotopic (exact) mass is 327 g/mol. The number of fused-ring (bicyclic) bond motifs is 1. The molecule has 1 saturated carbocycles. The minimum Gasteiger partial charge on any atom is -0.486 e. The molecule has 3 rings (SSSR count). The van der Waals surface area contributed by atoms with Gasteiger partial charge in [-0.15, -0.1) is 0 Å². The van der Waals surface area contributed by atoms with Crippen LogP contribution in [-0.2, 0) is 4.79 Å². The highest BCUT2D eigenvalue weighted by Crippen LogP contribution is 2.30. The number of nitriles is 1. The molecule has 1 aromatic carbocycles. The molecule has 6 nitrogen and oxygen atoms in total. The molecule has 1 amide bonds. The Bertz CT molecular complexity index is 660. The Labute approximate surface area is 141 Å². The van der Waals surface area contributed by atoms with Crippen molar-refractivity contribution >= 4 is 5.91 Å². The predicted molar refractivity (Wildman–Crippen MR) is 88.5 cm³/mol. The van der Waals surface area contributed by atoms with E-state index in [0.717, 1.165) is 31.4 Å². The van der Waals surface area contributed by atoms with Gasteiger partial charge >= 0.3 is 0 Å². The van der Waals surface area contributed by atoms with Crippen LogP contribution in [0.4, 0.5) is 0 Å². The van der Waals surface area contributed by atoms with E-state index in [0.29, 0.717) is 18.9 Å². The fraction of sp³-hybridized carbons (Fsp3) is 0.444. The molecule has 2 aliphatic rings. The van der Waals surface area contributed by atoms with Gasteiger partial charge in [0.2, 0.25) is 0 Å². The third-order valence-electron chi connectivity index (χ3n) is 4.21. The molecule has 0 radical (unpaired) electrons. The first-order valence-corrected chi connectivity index (χ1v) is 8.29. The minimum atomic E-state index is -0.317. The maximum absolute atomic E-state index is 12.1. The van der Waals surface area contributed by atoms with Gasteiger partial charge in [0.1, 0.15) is 24.4 Å². The van der Waals surface area contributed by atoms with E-state index >= 15 is 0 Å². The SMILES string of the molecule is N#C/C(=C/NCC1COc2ccccc2O1)C(=O)NC1CCCC1. The second kappa shape index (κ2) is 7.73. The second-order valence-corrected chi connectivity index (χ2v) is 6.03. The summed E-state index contributed by atoms with van der Waals surface area (Å²) >= 11 is 0. The second-order valence-electron chi connectivity index (χ2n) is 6.03. The van der Waals surface area contributed by atoms with Crippen LogP contribution < -0.4 is 20.1 Å². The van der Waals surface area contributed by atoms with Crippen LogP contribution in [0.2, 0.25) is 0 Å². The van der Waals surface area contributed by atoms with Gasteiger partial charge in [-0.3, -0.25) is 4.79 Å². The lowest BCUT2D eigenvalue weighted by Crippen LogP contribution is -2.38. The van der Waals surface area contributed by atoms with Crippen molar-refractivity contribution in [2.75, 3.05) is 13.2 Å². The highest BCUT2D eigenvalue weighted by molar-refractivity contribution is 5.97. The lowest BCUT2D eigenvalue weighted by Gasteiger charge is -2.26. The van der Waals surface area contributed by atoms with E-state index in [9.17, 15) is 4.79 Å². The molecular formula is C18H21N3O3. The van der Waals surface area contributed by atoms with Crippen molar-refractivity contribution in [3.05, 3.63) is 36.0 Å². The van der Waals surface area contributed by atoms with Crippen LogP contribution >= 0.6 is 0 Å². The number of hydrogen-bond donors (Lipinski definition) is 2.